The summed E-state index contributed by atoms with van der Waals surface area (Å²) in [4.78, 5) is 12.0. The van der Waals surface area contributed by atoms with Gasteiger partial charge in [0.2, 0.25) is 0 Å². The molecule has 0 radical (unpaired) electrons. The smallest absolute Gasteiger partial charge is 0.136 e. The fourth-order valence-electron chi connectivity index (χ4n) is 3.31. The van der Waals surface area contributed by atoms with E-state index in [1.165, 1.54) is 64.2 Å². The minimum atomic E-state index is 0. The molecule has 0 amide bonds. The molecule has 0 aromatic carbocycles. The number of piperidine rings is 1. The first kappa shape index (κ1) is 21.9. The molecule has 1 aliphatic heterocycles. The van der Waals surface area contributed by atoms with Crippen molar-refractivity contribution in [3.8, 4) is 0 Å². The molecule has 1 fully saturated rings. The highest BCUT2D eigenvalue weighted by molar-refractivity contribution is 5.85. The van der Waals surface area contributed by atoms with E-state index in [9.17, 15) is 4.79 Å². The number of hydrogen-bond acceptors (Lipinski definition) is 2. The first-order chi connectivity index (χ1) is 10.3. The molecule has 1 saturated heterocycles. The van der Waals surface area contributed by atoms with Crippen LogP contribution < -0.4 is 5.32 Å². The molecular formula is C19H38ClNO. The van der Waals surface area contributed by atoms with Crippen LogP contribution in [0.5, 0.6) is 0 Å². The molecule has 0 aliphatic carbocycles. The SMILES string of the molecule is CCCCCCCCCCCCCC(=O)C1CCNCC1.Cl. The summed E-state index contributed by atoms with van der Waals surface area (Å²) in [7, 11) is 0. The van der Waals surface area contributed by atoms with Gasteiger partial charge in [0.15, 0.2) is 0 Å². The zero-order chi connectivity index (χ0) is 15.2. The quantitative estimate of drug-likeness (QED) is 0.440. The van der Waals surface area contributed by atoms with Gasteiger partial charge in [-0.1, -0.05) is 71.1 Å². The molecule has 0 unspecified atom stereocenters. The van der Waals surface area contributed by atoms with E-state index in [0.29, 0.717) is 11.7 Å². The Hall–Kier alpha value is -0.0800. The number of carbonyl (C=O) groups excluding carboxylic acids is 1. The molecule has 1 rings (SSSR count). The van der Waals surface area contributed by atoms with Crippen molar-refractivity contribution in [3.63, 3.8) is 0 Å². The molecule has 2 nitrogen and oxygen atoms in total. The fourth-order valence-corrected chi connectivity index (χ4v) is 3.31. The molecule has 1 aliphatic rings. The van der Waals surface area contributed by atoms with Gasteiger partial charge >= 0.3 is 0 Å². The van der Waals surface area contributed by atoms with Gasteiger partial charge in [-0.2, -0.15) is 0 Å². The Morgan fingerprint density at radius 2 is 1.27 bits per heavy atom. The van der Waals surface area contributed by atoms with Crippen LogP contribution in [0.1, 0.15) is 96.8 Å². The summed E-state index contributed by atoms with van der Waals surface area (Å²) in [5.41, 5.74) is 0. The molecule has 22 heavy (non-hydrogen) atoms. The summed E-state index contributed by atoms with van der Waals surface area (Å²) in [5, 5.41) is 3.33. The lowest BCUT2D eigenvalue weighted by atomic mass is 9.90. The minimum absolute atomic E-state index is 0. The molecule has 0 atom stereocenters. The third-order valence-corrected chi connectivity index (χ3v) is 4.82. The molecule has 3 heteroatoms. The molecule has 0 aromatic rings. The average molecular weight is 332 g/mol. The average Bonchev–Trinajstić information content (AvgIpc) is 2.53. The predicted octanol–water partition coefficient (Wildman–Crippen LogP) is 5.68. The minimum Gasteiger partial charge on any atom is -0.317 e. The van der Waals surface area contributed by atoms with Crippen LogP contribution in [-0.4, -0.2) is 18.9 Å². The van der Waals surface area contributed by atoms with Crippen LogP contribution in [0.15, 0.2) is 0 Å². The van der Waals surface area contributed by atoms with Crippen LogP contribution in [0.25, 0.3) is 0 Å². The maximum absolute atomic E-state index is 12.0. The number of Topliss-reactive ketones (excluding diaryl/α,β-unsaturated/α-hetero) is 1. The van der Waals surface area contributed by atoms with E-state index in [1.807, 2.05) is 0 Å². The molecule has 0 bridgehead atoms. The Balaban J connectivity index is 0.00000441. The van der Waals surface area contributed by atoms with Gasteiger partial charge in [-0.05, 0) is 32.4 Å². The van der Waals surface area contributed by atoms with Crippen molar-refractivity contribution in [3.05, 3.63) is 0 Å². The van der Waals surface area contributed by atoms with Crippen LogP contribution in [0, 0.1) is 5.92 Å². The zero-order valence-electron chi connectivity index (χ0n) is 14.7. The molecule has 0 spiro atoms. The highest BCUT2D eigenvalue weighted by Crippen LogP contribution is 2.17. The lowest BCUT2D eigenvalue weighted by Gasteiger charge is -2.21. The van der Waals surface area contributed by atoms with E-state index in [0.717, 1.165) is 38.8 Å². The Kier molecular flexibility index (Phi) is 15.7. The van der Waals surface area contributed by atoms with E-state index < -0.39 is 0 Å². The van der Waals surface area contributed by atoms with Gasteiger partial charge in [-0.15, -0.1) is 12.4 Å². The normalized spacial score (nSPS) is 15.5. The van der Waals surface area contributed by atoms with E-state index in [-0.39, 0.29) is 12.4 Å². The highest BCUT2D eigenvalue weighted by atomic mass is 35.5. The van der Waals surface area contributed by atoms with Gasteiger partial charge in [0, 0.05) is 12.3 Å². The predicted molar refractivity (Wildman–Crippen MR) is 98.9 cm³/mol. The van der Waals surface area contributed by atoms with Crippen molar-refractivity contribution in [2.75, 3.05) is 13.1 Å². The Labute approximate surface area is 144 Å². The number of ketones is 1. The Morgan fingerprint density at radius 1 is 0.818 bits per heavy atom. The van der Waals surface area contributed by atoms with Crippen LogP contribution >= 0.6 is 12.4 Å². The maximum Gasteiger partial charge on any atom is 0.136 e. The van der Waals surface area contributed by atoms with E-state index in [2.05, 4.69) is 12.2 Å². The number of nitrogens with one attached hydrogen (secondary N) is 1. The van der Waals surface area contributed by atoms with Gasteiger partial charge in [-0.3, -0.25) is 4.79 Å². The molecule has 132 valence electrons. The van der Waals surface area contributed by atoms with Gasteiger partial charge in [0.05, 0.1) is 0 Å². The van der Waals surface area contributed by atoms with Crippen molar-refractivity contribution < 1.29 is 4.79 Å². The largest absolute Gasteiger partial charge is 0.317 e. The second-order valence-corrected chi connectivity index (χ2v) is 6.78. The lowest BCUT2D eigenvalue weighted by molar-refractivity contribution is -0.123. The van der Waals surface area contributed by atoms with E-state index in [1.54, 1.807) is 0 Å². The third-order valence-electron chi connectivity index (χ3n) is 4.82. The van der Waals surface area contributed by atoms with Crippen LogP contribution in [0.4, 0.5) is 0 Å². The summed E-state index contributed by atoms with van der Waals surface area (Å²) in [6.45, 7) is 4.35. The Morgan fingerprint density at radius 3 is 1.77 bits per heavy atom. The van der Waals surface area contributed by atoms with Gasteiger partial charge < -0.3 is 5.32 Å². The molecule has 1 heterocycles. The van der Waals surface area contributed by atoms with Gasteiger partial charge in [0.25, 0.3) is 0 Å². The number of rotatable bonds is 13. The summed E-state index contributed by atoms with van der Waals surface area (Å²) < 4.78 is 0. The van der Waals surface area contributed by atoms with E-state index in [4.69, 9.17) is 0 Å². The standard InChI is InChI=1S/C19H37NO.ClH/c1-2-3-4-5-6-7-8-9-10-11-12-13-19(21)18-14-16-20-17-15-18;/h18,20H,2-17H2,1H3;1H. The maximum atomic E-state index is 12.0. The summed E-state index contributed by atoms with van der Waals surface area (Å²) in [6.07, 6.45) is 17.9. The van der Waals surface area contributed by atoms with E-state index >= 15 is 0 Å². The van der Waals surface area contributed by atoms with Gasteiger partial charge in [-0.25, -0.2) is 0 Å². The van der Waals surface area contributed by atoms with Gasteiger partial charge in [0.1, 0.15) is 5.78 Å². The van der Waals surface area contributed by atoms with Crippen LogP contribution in [-0.2, 0) is 4.79 Å². The van der Waals surface area contributed by atoms with Crippen LogP contribution in [0.3, 0.4) is 0 Å². The highest BCUT2D eigenvalue weighted by Gasteiger charge is 2.19. The monoisotopic (exact) mass is 331 g/mol. The number of hydrogen-bond donors (Lipinski definition) is 1. The first-order valence-corrected chi connectivity index (χ1v) is 9.58. The summed E-state index contributed by atoms with van der Waals surface area (Å²) >= 11 is 0. The second-order valence-electron chi connectivity index (χ2n) is 6.78. The number of halogens is 1. The first-order valence-electron chi connectivity index (χ1n) is 9.58. The topological polar surface area (TPSA) is 29.1 Å². The molecule has 1 N–H and O–H groups in total. The van der Waals surface area contributed by atoms with Crippen molar-refractivity contribution in [2.45, 2.75) is 96.8 Å². The fraction of sp³-hybridized carbons (Fsp3) is 0.947. The summed E-state index contributed by atoms with van der Waals surface area (Å²) in [6, 6.07) is 0. The second kappa shape index (κ2) is 15.8. The zero-order valence-corrected chi connectivity index (χ0v) is 15.5. The van der Waals surface area contributed by atoms with Crippen molar-refractivity contribution in [1.29, 1.82) is 0 Å². The summed E-state index contributed by atoms with van der Waals surface area (Å²) in [5.74, 6) is 0.904. The van der Waals surface area contributed by atoms with Crippen LogP contribution in [0.2, 0.25) is 0 Å². The van der Waals surface area contributed by atoms with Crippen molar-refractivity contribution in [1.82, 2.24) is 5.32 Å². The van der Waals surface area contributed by atoms with Crippen molar-refractivity contribution in [2.24, 2.45) is 5.92 Å². The number of carbonyl (C=O) groups is 1. The molecule has 0 aromatic heterocycles. The molecule has 0 saturated carbocycles. The Bertz CT molecular complexity index is 252. The van der Waals surface area contributed by atoms with Crippen molar-refractivity contribution >= 4 is 18.2 Å². The number of unbranched alkanes of at least 4 members (excludes halogenated alkanes) is 10. The lowest BCUT2D eigenvalue weighted by Crippen LogP contribution is -2.31. The third kappa shape index (κ3) is 11.5. The molecular weight excluding hydrogens is 294 g/mol.